The third kappa shape index (κ3) is 19.9. The van der Waals surface area contributed by atoms with Crippen LogP contribution < -0.4 is 11.1 Å². The fourth-order valence-corrected chi connectivity index (χ4v) is 3.71. The first-order chi connectivity index (χ1) is 17.7. The van der Waals surface area contributed by atoms with Crippen LogP contribution in [0.1, 0.15) is 0 Å². The number of nitrogens with one attached hydrogen (secondary N) is 1. The zero-order valence-corrected chi connectivity index (χ0v) is 24.0. The number of carboxylic acid groups (broad SMARTS) is 3. The Hall–Kier alpha value is -1.08. The number of hydrogen-bond acceptors (Lipinski definition) is 11. The SMILES string of the molecule is NCCOCCOCCNC(=O)CN1CCN(CC(=O)O)CCN(CC(=O)O)CCN(CC(=O)O)CC1.[Gd]. The Morgan fingerprint density at radius 3 is 1.29 bits per heavy atom. The summed E-state index contributed by atoms with van der Waals surface area (Å²) in [5.74, 6) is -3.23. The topological polar surface area (TPSA) is 198 Å². The van der Waals surface area contributed by atoms with Crippen molar-refractivity contribution in [2.24, 2.45) is 5.73 Å². The van der Waals surface area contributed by atoms with E-state index in [0.29, 0.717) is 91.9 Å². The van der Waals surface area contributed by atoms with Crippen LogP contribution in [0.2, 0.25) is 0 Å². The number of hydrogen-bond donors (Lipinski definition) is 5. The molecule has 0 radical (unpaired) electrons. The molecule has 222 valence electrons. The molecule has 1 aliphatic rings. The van der Waals surface area contributed by atoms with E-state index in [2.05, 4.69) is 5.32 Å². The molecule has 0 saturated carbocycles. The van der Waals surface area contributed by atoms with Crippen molar-refractivity contribution in [3.63, 3.8) is 0 Å². The maximum Gasteiger partial charge on any atom is 0.317 e. The molecular formula is C22H42GdN6O9. The van der Waals surface area contributed by atoms with Crippen molar-refractivity contribution in [3.05, 3.63) is 0 Å². The van der Waals surface area contributed by atoms with Crippen molar-refractivity contribution in [3.8, 4) is 0 Å². The third-order valence-electron chi connectivity index (χ3n) is 5.58. The van der Waals surface area contributed by atoms with E-state index in [1.54, 1.807) is 14.7 Å². The molecule has 1 heterocycles. The van der Waals surface area contributed by atoms with Crippen LogP contribution in [0.5, 0.6) is 0 Å². The average Bonchev–Trinajstić information content (AvgIpc) is 2.81. The Labute approximate surface area is 255 Å². The van der Waals surface area contributed by atoms with Crippen molar-refractivity contribution < 1.29 is 83.9 Å². The summed E-state index contributed by atoms with van der Waals surface area (Å²) < 4.78 is 10.6. The number of ether oxygens (including phenoxy) is 2. The first-order valence-electron chi connectivity index (χ1n) is 12.4. The molecule has 1 rings (SSSR count). The van der Waals surface area contributed by atoms with Crippen molar-refractivity contribution in [2.75, 3.05) is 118 Å². The zero-order valence-electron chi connectivity index (χ0n) is 21.7. The molecule has 0 unspecified atom stereocenters. The minimum Gasteiger partial charge on any atom is -0.480 e. The van der Waals surface area contributed by atoms with Crippen LogP contribution in [-0.2, 0) is 28.7 Å². The average molecular weight is 692 g/mol. The molecule has 0 aliphatic carbocycles. The van der Waals surface area contributed by atoms with E-state index in [9.17, 15) is 34.5 Å². The summed E-state index contributed by atoms with van der Waals surface area (Å²) in [5.41, 5.74) is 5.33. The smallest absolute Gasteiger partial charge is 0.317 e. The molecule has 0 spiro atoms. The van der Waals surface area contributed by atoms with Crippen LogP contribution in [0.4, 0.5) is 0 Å². The van der Waals surface area contributed by atoms with Gasteiger partial charge in [0.1, 0.15) is 0 Å². The Morgan fingerprint density at radius 2 is 0.947 bits per heavy atom. The van der Waals surface area contributed by atoms with E-state index in [1.165, 1.54) is 0 Å². The predicted octanol–water partition coefficient (Wildman–Crippen LogP) is -3.43. The van der Waals surface area contributed by atoms with Gasteiger partial charge in [0.25, 0.3) is 0 Å². The van der Waals surface area contributed by atoms with Gasteiger partial charge in [0, 0.05) is 105 Å². The summed E-state index contributed by atoms with van der Waals surface area (Å²) in [6.45, 7) is 4.54. The maximum absolute atomic E-state index is 12.5. The molecule has 1 fully saturated rings. The predicted molar refractivity (Wildman–Crippen MR) is 132 cm³/mol. The largest absolute Gasteiger partial charge is 0.480 e. The molecule has 0 aromatic carbocycles. The van der Waals surface area contributed by atoms with Gasteiger partial charge in [-0.1, -0.05) is 0 Å². The van der Waals surface area contributed by atoms with E-state index in [0.717, 1.165) is 0 Å². The normalized spacial score (nSPS) is 17.1. The number of nitrogens with two attached hydrogens (primary N) is 1. The number of carboxylic acids is 3. The third-order valence-corrected chi connectivity index (χ3v) is 5.58. The van der Waals surface area contributed by atoms with Gasteiger partial charge >= 0.3 is 17.9 Å². The monoisotopic (exact) mass is 692 g/mol. The number of carbonyl (C=O) groups excluding carboxylic acids is 1. The summed E-state index contributed by atoms with van der Waals surface area (Å²) in [6, 6.07) is 0. The van der Waals surface area contributed by atoms with Gasteiger partial charge in [-0.15, -0.1) is 0 Å². The van der Waals surface area contributed by atoms with Gasteiger partial charge < -0.3 is 35.8 Å². The first kappa shape index (κ1) is 36.9. The van der Waals surface area contributed by atoms with Gasteiger partial charge in [-0.25, -0.2) is 0 Å². The van der Waals surface area contributed by atoms with Crippen LogP contribution in [0.3, 0.4) is 0 Å². The summed E-state index contributed by atoms with van der Waals surface area (Å²) >= 11 is 0. The molecule has 0 atom stereocenters. The van der Waals surface area contributed by atoms with Gasteiger partial charge in [0.05, 0.1) is 52.6 Å². The summed E-state index contributed by atoms with van der Waals surface area (Å²) in [6.07, 6.45) is 0. The molecule has 6 N–H and O–H groups in total. The molecule has 38 heavy (non-hydrogen) atoms. The molecule has 15 nitrogen and oxygen atoms in total. The minimum absolute atomic E-state index is 0. The molecule has 0 bridgehead atoms. The fraction of sp³-hybridized carbons (Fsp3) is 0.818. The number of nitrogens with zero attached hydrogens (tertiary/aromatic N) is 4. The van der Waals surface area contributed by atoms with Crippen LogP contribution in [0.15, 0.2) is 0 Å². The number of amides is 1. The van der Waals surface area contributed by atoms with Crippen LogP contribution in [-0.4, -0.2) is 177 Å². The second kappa shape index (κ2) is 22.7. The molecule has 0 aromatic heterocycles. The molecular weight excluding hydrogens is 650 g/mol. The molecule has 1 amide bonds. The quantitative estimate of drug-likeness (QED) is 0.100. The molecule has 0 aromatic rings. The van der Waals surface area contributed by atoms with Crippen LogP contribution >= 0.6 is 0 Å². The second-order valence-electron chi connectivity index (χ2n) is 8.65. The van der Waals surface area contributed by atoms with E-state index in [1.807, 2.05) is 4.90 Å². The first-order valence-corrected chi connectivity index (χ1v) is 12.4. The van der Waals surface area contributed by atoms with E-state index >= 15 is 0 Å². The number of rotatable bonds is 16. The van der Waals surface area contributed by atoms with Crippen LogP contribution in [0.25, 0.3) is 0 Å². The van der Waals surface area contributed by atoms with Gasteiger partial charge in [0.15, 0.2) is 0 Å². The zero-order chi connectivity index (χ0) is 27.5. The molecule has 1 aliphatic heterocycles. The second-order valence-corrected chi connectivity index (χ2v) is 8.65. The van der Waals surface area contributed by atoms with Gasteiger partial charge in [-0.2, -0.15) is 0 Å². The van der Waals surface area contributed by atoms with Gasteiger partial charge in [0.2, 0.25) is 5.91 Å². The fourth-order valence-electron chi connectivity index (χ4n) is 3.71. The van der Waals surface area contributed by atoms with Gasteiger partial charge in [-0.05, 0) is 0 Å². The van der Waals surface area contributed by atoms with Crippen molar-refractivity contribution in [1.29, 1.82) is 0 Å². The van der Waals surface area contributed by atoms with Crippen molar-refractivity contribution >= 4 is 23.8 Å². The number of aliphatic carboxylic acids is 3. The maximum atomic E-state index is 12.5. The van der Waals surface area contributed by atoms with E-state index < -0.39 is 17.9 Å². The number of carbonyl (C=O) groups is 4. The van der Waals surface area contributed by atoms with E-state index in [-0.39, 0.29) is 72.0 Å². The van der Waals surface area contributed by atoms with Crippen molar-refractivity contribution in [1.82, 2.24) is 24.9 Å². The minimum atomic E-state index is -1.01. The standard InChI is InChI=1S/C22H42N6O9.Gd/c23-1-11-36-13-14-37-12-2-24-19(29)15-25-3-5-26(16-20(30)31)7-9-28(18-22(34)35)10-8-27(6-4-25)17-21(32)33;/h1-18,23H2,(H,24,29)(H,30,31)(H,32,33)(H,34,35);. The summed E-state index contributed by atoms with van der Waals surface area (Å²) in [5, 5.41) is 30.6. The Bertz CT molecular complexity index is 674. The van der Waals surface area contributed by atoms with Crippen LogP contribution in [0, 0.1) is 39.9 Å². The Morgan fingerprint density at radius 1 is 0.605 bits per heavy atom. The molecule has 16 heteroatoms. The summed E-state index contributed by atoms with van der Waals surface area (Å²) in [4.78, 5) is 53.4. The van der Waals surface area contributed by atoms with Gasteiger partial charge in [-0.3, -0.25) is 38.8 Å². The summed E-state index contributed by atoms with van der Waals surface area (Å²) in [7, 11) is 0. The molecule has 1 saturated heterocycles. The Kier molecular flexibility index (Phi) is 22.1. The Balaban J connectivity index is 0.0000137. The van der Waals surface area contributed by atoms with E-state index in [4.69, 9.17) is 15.2 Å². The van der Waals surface area contributed by atoms with Crippen molar-refractivity contribution in [2.45, 2.75) is 0 Å².